The summed E-state index contributed by atoms with van der Waals surface area (Å²) in [5.74, 6) is 0.0892. The van der Waals surface area contributed by atoms with Crippen LogP contribution in [0.4, 0.5) is 13.2 Å². The number of pyridine rings is 1. The number of aromatic nitrogens is 1. The first-order chi connectivity index (χ1) is 11.3. The quantitative estimate of drug-likeness (QED) is 0.909. The molecule has 0 saturated heterocycles. The third-order valence-electron chi connectivity index (χ3n) is 3.17. The van der Waals surface area contributed by atoms with Crippen LogP contribution in [0.5, 0.6) is 11.6 Å². The summed E-state index contributed by atoms with van der Waals surface area (Å²) < 4.78 is 42.7. The number of alkyl halides is 3. The number of amides is 1. The third-order valence-corrected chi connectivity index (χ3v) is 3.17. The average molecular weight is 340 g/mol. The first kappa shape index (κ1) is 17.7. The number of halogens is 3. The molecule has 0 unspecified atom stereocenters. The lowest BCUT2D eigenvalue weighted by atomic mass is 10.2. The van der Waals surface area contributed by atoms with Crippen LogP contribution in [0.3, 0.4) is 0 Å². The second-order valence-corrected chi connectivity index (χ2v) is 4.96. The van der Waals surface area contributed by atoms with E-state index in [2.05, 4.69) is 4.98 Å². The number of nitrogens with zero attached hydrogens (tertiary/aromatic N) is 2. The number of hydrogen-bond acceptors (Lipinski definition) is 4. The summed E-state index contributed by atoms with van der Waals surface area (Å²) in [4.78, 5) is 17.0. The largest absolute Gasteiger partial charge is 0.439 e. The first-order valence-corrected chi connectivity index (χ1v) is 6.99. The lowest BCUT2D eigenvalue weighted by molar-refractivity contribution is -0.137. The van der Waals surface area contributed by atoms with Gasteiger partial charge in [0.1, 0.15) is 5.75 Å². The van der Waals surface area contributed by atoms with Crippen LogP contribution in [0, 0.1) is 0 Å². The molecule has 5 nitrogen and oxygen atoms in total. The molecule has 2 rings (SSSR count). The zero-order valence-electron chi connectivity index (χ0n) is 12.7. The number of carbonyl (C=O) groups is 1. The van der Waals surface area contributed by atoms with Crippen LogP contribution in [-0.4, -0.2) is 41.1 Å². The Morgan fingerprint density at radius 1 is 1.21 bits per heavy atom. The highest BCUT2D eigenvalue weighted by molar-refractivity contribution is 5.94. The van der Waals surface area contributed by atoms with Gasteiger partial charge in [-0.1, -0.05) is 0 Å². The number of aliphatic hydroxyl groups is 1. The van der Waals surface area contributed by atoms with Crippen molar-refractivity contribution >= 4 is 5.91 Å². The number of hydrogen-bond donors (Lipinski definition) is 1. The van der Waals surface area contributed by atoms with Crippen LogP contribution in [0.1, 0.15) is 15.9 Å². The lowest BCUT2D eigenvalue weighted by Crippen LogP contribution is -2.29. The molecule has 1 aromatic carbocycles. The molecule has 0 spiro atoms. The van der Waals surface area contributed by atoms with E-state index in [1.165, 1.54) is 29.2 Å². The highest BCUT2D eigenvalue weighted by atomic mass is 19.4. The zero-order valence-corrected chi connectivity index (χ0v) is 12.7. The van der Waals surface area contributed by atoms with Crippen molar-refractivity contribution in [2.75, 3.05) is 20.2 Å². The maximum absolute atomic E-state index is 12.5. The summed E-state index contributed by atoms with van der Waals surface area (Å²) in [5, 5.41) is 8.82. The molecule has 0 saturated carbocycles. The minimum Gasteiger partial charge on any atom is -0.439 e. The summed E-state index contributed by atoms with van der Waals surface area (Å²) in [7, 11) is 1.56. The molecule has 24 heavy (non-hydrogen) atoms. The molecule has 0 radical (unpaired) electrons. The van der Waals surface area contributed by atoms with Crippen LogP contribution in [-0.2, 0) is 6.18 Å². The summed E-state index contributed by atoms with van der Waals surface area (Å²) in [6.45, 7) is 0.0790. The molecule has 0 aliphatic heterocycles. The fraction of sp³-hybridized carbons (Fsp3) is 0.250. The van der Waals surface area contributed by atoms with Crippen LogP contribution >= 0.6 is 0 Å². The van der Waals surface area contributed by atoms with E-state index in [1.807, 2.05) is 0 Å². The van der Waals surface area contributed by atoms with Crippen molar-refractivity contribution in [1.82, 2.24) is 9.88 Å². The van der Waals surface area contributed by atoms with Crippen LogP contribution in [0.2, 0.25) is 0 Å². The van der Waals surface area contributed by atoms with E-state index < -0.39 is 11.7 Å². The number of likely N-dealkylation sites (N-methyl/N-ethyl adjacent to an activating group) is 1. The van der Waals surface area contributed by atoms with Gasteiger partial charge in [-0.05, 0) is 30.3 Å². The Bertz CT molecular complexity index is 685. The molecule has 1 aromatic heterocycles. The number of ether oxygens (including phenoxy) is 1. The molecule has 0 bridgehead atoms. The molecule has 1 amide bonds. The zero-order chi connectivity index (χ0) is 17.7. The van der Waals surface area contributed by atoms with Gasteiger partial charge in [0, 0.05) is 31.4 Å². The van der Waals surface area contributed by atoms with Crippen LogP contribution in [0.25, 0.3) is 0 Å². The van der Waals surface area contributed by atoms with Gasteiger partial charge in [0.05, 0.1) is 12.2 Å². The van der Waals surface area contributed by atoms with Crippen molar-refractivity contribution in [2.24, 2.45) is 0 Å². The number of benzene rings is 1. The predicted octanol–water partition coefficient (Wildman–Crippen LogP) is 2.96. The molecule has 1 heterocycles. The number of rotatable bonds is 5. The smallest absolute Gasteiger partial charge is 0.417 e. The monoisotopic (exact) mass is 340 g/mol. The van der Waals surface area contributed by atoms with Gasteiger partial charge in [0.25, 0.3) is 5.91 Å². The first-order valence-electron chi connectivity index (χ1n) is 6.99. The van der Waals surface area contributed by atoms with Gasteiger partial charge in [-0.2, -0.15) is 13.2 Å². The lowest BCUT2D eigenvalue weighted by Gasteiger charge is -2.15. The maximum Gasteiger partial charge on any atom is 0.417 e. The van der Waals surface area contributed by atoms with Crippen molar-refractivity contribution in [2.45, 2.75) is 6.18 Å². The Morgan fingerprint density at radius 2 is 1.88 bits per heavy atom. The van der Waals surface area contributed by atoms with E-state index in [-0.39, 0.29) is 24.9 Å². The van der Waals surface area contributed by atoms with Gasteiger partial charge in [-0.3, -0.25) is 4.79 Å². The Hall–Kier alpha value is -2.61. The molecule has 128 valence electrons. The Balaban J connectivity index is 2.05. The second-order valence-electron chi connectivity index (χ2n) is 4.96. The molecule has 1 N–H and O–H groups in total. The van der Waals surface area contributed by atoms with Crippen molar-refractivity contribution in [3.63, 3.8) is 0 Å². The van der Waals surface area contributed by atoms with Gasteiger partial charge >= 0.3 is 6.18 Å². The molecule has 0 fully saturated rings. The SMILES string of the molecule is CN(CCO)C(=O)c1ccc(Oc2ccc(C(F)(F)F)cn2)cc1. The van der Waals surface area contributed by atoms with Crippen molar-refractivity contribution < 1.29 is 27.8 Å². The summed E-state index contributed by atoms with van der Waals surface area (Å²) in [5.41, 5.74) is -0.457. The molecule has 0 aliphatic rings. The Morgan fingerprint density at radius 3 is 2.38 bits per heavy atom. The van der Waals surface area contributed by atoms with Gasteiger partial charge in [0.15, 0.2) is 0 Å². The molecule has 0 aliphatic carbocycles. The van der Waals surface area contributed by atoms with Crippen molar-refractivity contribution in [1.29, 1.82) is 0 Å². The van der Waals surface area contributed by atoms with Gasteiger partial charge < -0.3 is 14.7 Å². The maximum atomic E-state index is 12.5. The molecular weight excluding hydrogens is 325 g/mol. The third kappa shape index (κ3) is 4.45. The van der Waals surface area contributed by atoms with Crippen molar-refractivity contribution in [3.05, 3.63) is 53.7 Å². The fourth-order valence-electron chi connectivity index (χ4n) is 1.87. The van der Waals surface area contributed by atoms with Gasteiger partial charge in [-0.25, -0.2) is 4.98 Å². The fourth-order valence-corrected chi connectivity index (χ4v) is 1.87. The van der Waals surface area contributed by atoms with Crippen molar-refractivity contribution in [3.8, 4) is 11.6 Å². The van der Waals surface area contributed by atoms with E-state index in [0.29, 0.717) is 17.5 Å². The van der Waals surface area contributed by atoms with E-state index in [1.54, 1.807) is 7.05 Å². The number of carbonyl (C=O) groups excluding carboxylic acids is 1. The van der Waals surface area contributed by atoms with E-state index in [4.69, 9.17) is 9.84 Å². The molecular formula is C16H15F3N2O3. The normalized spacial score (nSPS) is 11.2. The topological polar surface area (TPSA) is 62.7 Å². The average Bonchev–Trinajstić information content (AvgIpc) is 2.55. The van der Waals surface area contributed by atoms with E-state index >= 15 is 0 Å². The Labute approximate surface area is 136 Å². The predicted molar refractivity (Wildman–Crippen MR) is 79.8 cm³/mol. The standard InChI is InChI=1S/C16H15F3N2O3/c1-21(8-9-22)15(23)11-2-5-13(6-3-11)24-14-7-4-12(10-20-14)16(17,18)19/h2-7,10,22H,8-9H2,1H3. The molecule has 0 atom stereocenters. The summed E-state index contributed by atoms with van der Waals surface area (Å²) >= 11 is 0. The number of aliphatic hydroxyl groups excluding tert-OH is 1. The van der Waals surface area contributed by atoms with Crippen LogP contribution in [0.15, 0.2) is 42.6 Å². The van der Waals surface area contributed by atoms with Gasteiger partial charge in [-0.15, -0.1) is 0 Å². The summed E-state index contributed by atoms with van der Waals surface area (Å²) in [6.07, 6.45) is -3.76. The Kier molecular flexibility index (Phi) is 5.40. The van der Waals surface area contributed by atoms with E-state index in [9.17, 15) is 18.0 Å². The highest BCUT2D eigenvalue weighted by Crippen LogP contribution is 2.30. The van der Waals surface area contributed by atoms with Gasteiger partial charge in [0.2, 0.25) is 5.88 Å². The summed E-state index contributed by atoms with van der Waals surface area (Å²) in [6, 6.07) is 8.07. The van der Waals surface area contributed by atoms with E-state index in [0.717, 1.165) is 12.1 Å². The molecule has 8 heteroatoms. The highest BCUT2D eigenvalue weighted by Gasteiger charge is 2.30. The minimum absolute atomic E-state index is 0.0134. The minimum atomic E-state index is -4.45. The second kappa shape index (κ2) is 7.31. The molecule has 2 aromatic rings. The van der Waals surface area contributed by atoms with Crippen LogP contribution < -0.4 is 4.74 Å².